The number of hydrogen-bond acceptors (Lipinski definition) is 4. The maximum atomic E-state index is 12.1. The summed E-state index contributed by atoms with van der Waals surface area (Å²) in [6.07, 6.45) is 6.60. The number of amides is 1. The van der Waals surface area contributed by atoms with Crippen LogP contribution in [0.15, 0.2) is 28.3 Å². The summed E-state index contributed by atoms with van der Waals surface area (Å²) in [5.74, 6) is 0.209. The lowest BCUT2D eigenvalue weighted by Gasteiger charge is -2.27. The average Bonchev–Trinajstić information content (AvgIpc) is 2.43. The molecule has 1 N–H and O–H groups in total. The fraction of sp³-hybridized carbons (Fsp3) is 0.538. The van der Waals surface area contributed by atoms with Crippen LogP contribution in [-0.2, 0) is 14.8 Å². The lowest BCUT2D eigenvalue weighted by atomic mass is 10.1. The van der Waals surface area contributed by atoms with Gasteiger partial charge in [0.05, 0.1) is 11.3 Å². The third-order valence-corrected chi connectivity index (χ3v) is 4.57. The van der Waals surface area contributed by atoms with Gasteiger partial charge in [0.15, 0.2) is 0 Å². The van der Waals surface area contributed by atoms with Crippen molar-refractivity contribution in [3.63, 3.8) is 0 Å². The number of fused-ring (bicyclic) bond motifs is 1. The smallest absolute Gasteiger partial charge is 0.256 e. The maximum Gasteiger partial charge on any atom is 0.256 e. The zero-order chi connectivity index (χ0) is 14.8. The van der Waals surface area contributed by atoms with Gasteiger partial charge in [0.1, 0.15) is 5.84 Å². The number of nitrogens with zero attached hydrogens (tertiary/aromatic N) is 2. The SMILES string of the molecule is CCC(CC)NC(=O)C1=CN2CCS(=O)(=O)N=C2C=C1. The molecule has 6 nitrogen and oxygen atoms in total. The monoisotopic (exact) mass is 297 g/mol. The molecule has 0 aromatic carbocycles. The van der Waals surface area contributed by atoms with E-state index in [-0.39, 0.29) is 17.7 Å². The zero-order valence-electron chi connectivity index (χ0n) is 11.7. The molecule has 0 atom stereocenters. The number of amidine groups is 1. The van der Waals surface area contributed by atoms with Gasteiger partial charge in [-0.1, -0.05) is 13.8 Å². The van der Waals surface area contributed by atoms with Gasteiger partial charge in [-0.25, -0.2) is 8.42 Å². The molecule has 0 aliphatic carbocycles. The molecule has 110 valence electrons. The third-order valence-electron chi connectivity index (χ3n) is 3.41. The van der Waals surface area contributed by atoms with Crippen LogP contribution < -0.4 is 5.32 Å². The van der Waals surface area contributed by atoms with E-state index in [1.54, 1.807) is 23.3 Å². The zero-order valence-corrected chi connectivity index (χ0v) is 12.5. The summed E-state index contributed by atoms with van der Waals surface area (Å²) >= 11 is 0. The highest BCUT2D eigenvalue weighted by atomic mass is 32.2. The van der Waals surface area contributed by atoms with Crippen LogP contribution in [0, 0.1) is 0 Å². The van der Waals surface area contributed by atoms with Crippen molar-refractivity contribution < 1.29 is 13.2 Å². The summed E-state index contributed by atoms with van der Waals surface area (Å²) in [7, 11) is -3.35. The number of rotatable bonds is 4. The van der Waals surface area contributed by atoms with Crippen LogP contribution in [0.1, 0.15) is 26.7 Å². The van der Waals surface area contributed by atoms with Crippen LogP contribution in [0.4, 0.5) is 0 Å². The van der Waals surface area contributed by atoms with Gasteiger partial charge in [-0.05, 0) is 25.0 Å². The molecule has 0 fully saturated rings. The van der Waals surface area contributed by atoms with Crippen molar-refractivity contribution in [3.8, 4) is 0 Å². The summed E-state index contributed by atoms with van der Waals surface area (Å²) < 4.78 is 26.5. The first-order valence-electron chi connectivity index (χ1n) is 6.75. The molecule has 0 saturated carbocycles. The number of hydrogen-bond donors (Lipinski definition) is 1. The first-order valence-corrected chi connectivity index (χ1v) is 8.36. The molecule has 20 heavy (non-hydrogen) atoms. The summed E-state index contributed by atoms with van der Waals surface area (Å²) in [6, 6.07) is 0.161. The van der Waals surface area contributed by atoms with Crippen molar-refractivity contribution >= 4 is 21.8 Å². The van der Waals surface area contributed by atoms with E-state index in [9.17, 15) is 13.2 Å². The molecule has 0 aromatic rings. The van der Waals surface area contributed by atoms with E-state index in [4.69, 9.17) is 0 Å². The standard InChI is InChI=1S/C13H19N3O3S/c1-3-11(4-2)14-13(17)10-5-6-12-15-20(18,19)8-7-16(12)9-10/h5-6,9,11H,3-4,7-8H2,1-2H3,(H,14,17). The molecule has 0 bridgehead atoms. The Bertz CT molecular complexity index is 586. The molecule has 1 amide bonds. The van der Waals surface area contributed by atoms with Crippen LogP contribution >= 0.6 is 0 Å². The van der Waals surface area contributed by atoms with Gasteiger partial charge in [-0.2, -0.15) is 0 Å². The van der Waals surface area contributed by atoms with Crippen molar-refractivity contribution in [3.05, 3.63) is 23.9 Å². The van der Waals surface area contributed by atoms with Crippen LogP contribution in [0.2, 0.25) is 0 Å². The Morgan fingerprint density at radius 2 is 2.10 bits per heavy atom. The van der Waals surface area contributed by atoms with E-state index in [1.165, 1.54) is 0 Å². The van der Waals surface area contributed by atoms with E-state index >= 15 is 0 Å². The van der Waals surface area contributed by atoms with E-state index in [2.05, 4.69) is 9.71 Å². The van der Waals surface area contributed by atoms with E-state index in [1.807, 2.05) is 13.8 Å². The van der Waals surface area contributed by atoms with Crippen LogP contribution in [0.25, 0.3) is 0 Å². The molecular formula is C13H19N3O3S. The van der Waals surface area contributed by atoms with E-state index in [0.29, 0.717) is 18.0 Å². The predicted octanol–water partition coefficient (Wildman–Crippen LogP) is 0.789. The molecule has 0 saturated heterocycles. The van der Waals surface area contributed by atoms with Gasteiger partial charge in [-0.3, -0.25) is 4.79 Å². The van der Waals surface area contributed by atoms with Crippen LogP contribution in [0.5, 0.6) is 0 Å². The quantitative estimate of drug-likeness (QED) is 0.832. The Balaban J connectivity index is 2.12. The average molecular weight is 297 g/mol. The Hall–Kier alpha value is -1.63. The van der Waals surface area contributed by atoms with Crippen LogP contribution in [0.3, 0.4) is 0 Å². The molecule has 2 heterocycles. The van der Waals surface area contributed by atoms with Gasteiger partial charge >= 0.3 is 0 Å². The van der Waals surface area contributed by atoms with Gasteiger partial charge in [-0.15, -0.1) is 4.40 Å². The van der Waals surface area contributed by atoms with Gasteiger partial charge in [0, 0.05) is 18.8 Å². The normalized spacial score (nSPS) is 20.2. The van der Waals surface area contributed by atoms with Gasteiger partial charge in [0.25, 0.3) is 15.9 Å². The molecule has 0 radical (unpaired) electrons. The highest BCUT2D eigenvalue weighted by molar-refractivity contribution is 7.90. The van der Waals surface area contributed by atoms with Crippen molar-refractivity contribution in [2.24, 2.45) is 4.40 Å². The van der Waals surface area contributed by atoms with Crippen LogP contribution in [-0.4, -0.2) is 43.4 Å². The molecule has 0 unspecified atom stereocenters. The van der Waals surface area contributed by atoms with Crippen molar-refractivity contribution in [2.45, 2.75) is 32.7 Å². The van der Waals surface area contributed by atoms with Crippen molar-refractivity contribution in [2.75, 3.05) is 12.3 Å². The second kappa shape index (κ2) is 5.78. The molecule has 2 aliphatic heterocycles. The maximum absolute atomic E-state index is 12.1. The summed E-state index contributed by atoms with van der Waals surface area (Å²) in [5.41, 5.74) is 0.523. The summed E-state index contributed by atoms with van der Waals surface area (Å²) in [6.45, 7) is 4.38. The lowest BCUT2D eigenvalue weighted by Crippen LogP contribution is -2.39. The Morgan fingerprint density at radius 3 is 2.75 bits per heavy atom. The minimum atomic E-state index is -3.35. The fourth-order valence-corrected chi connectivity index (χ4v) is 3.07. The summed E-state index contributed by atoms with van der Waals surface area (Å²) in [5, 5.41) is 2.95. The summed E-state index contributed by atoms with van der Waals surface area (Å²) in [4.78, 5) is 13.8. The first kappa shape index (κ1) is 14.8. The Morgan fingerprint density at radius 1 is 1.40 bits per heavy atom. The first-order chi connectivity index (χ1) is 9.45. The van der Waals surface area contributed by atoms with Crippen molar-refractivity contribution in [1.82, 2.24) is 10.2 Å². The molecule has 0 spiro atoms. The predicted molar refractivity (Wildman–Crippen MR) is 77.7 cm³/mol. The molecule has 7 heteroatoms. The third kappa shape index (κ3) is 3.27. The lowest BCUT2D eigenvalue weighted by molar-refractivity contribution is -0.118. The number of sulfonamides is 1. The fourth-order valence-electron chi connectivity index (χ4n) is 2.10. The number of carbonyl (C=O) groups is 1. The Kier molecular flexibility index (Phi) is 4.27. The minimum Gasteiger partial charge on any atom is -0.349 e. The molecule has 0 aromatic heterocycles. The molecule has 2 aliphatic rings. The highest BCUT2D eigenvalue weighted by Gasteiger charge is 2.25. The highest BCUT2D eigenvalue weighted by Crippen LogP contribution is 2.16. The minimum absolute atomic E-state index is 0.0255. The largest absolute Gasteiger partial charge is 0.349 e. The van der Waals surface area contributed by atoms with E-state index < -0.39 is 10.0 Å². The topological polar surface area (TPSA) is 78.8 Å². The number of carbonyl (C=O) groups excluding carboxylic acids is 1. The van der Waals surface area contributed by atoms with E-state index in [0.717, 1.165) is 12.8 Å². The Labute approximate surface area is 119 Å². The number of nitrogens with one attached hydrogen (secondary N) is 1. The van der Waals surface area contributed by atoms with Crippen molar-refractivity contribution in [1.29, 1.82) is 0 Å². The second-order valence-corrected chi connectivity index (χ2v) is 6.59. The molecule has 2 rings (SSSR count). The molecular weight excluding hydrogens is 278 g/mol. The van der Waals surface area contributed by atoms with Gasteiger partial charge < -0.3 is 10.2 Å². The van der Waals surface area contributed by atoms with Gasteiger partial charge in [0.2, 0.25) is 0 Å². The second-order valence-electron chi connectivity index (χ2n) is 4.83.